The van der Waals surface area contributed by atoms with Crippen molar-refractivity contribution in [2.24, 2.45) is 5.73 Å². The van der Waals surface area contributed by atoms with Crippen molar-refractivity contribution >= 4 is 0 Å². The van der Waals surface area contributed by atoms with Crippen LogP contribution in [0.15, 0.2) is 4.52 Å². The SMILES string of the molecule is CCOC(CC)(CC)c1noc(C(C)(N)C(F)(F)F)n1. The quantitative estimate of drug-likeness (QED) is 0.873. The van der Waals surface area contributed by atoms with E-state index in [1.54, 1.807) is 6.92 Å². The third-order valence-electron chi connectivity index (χ3n) is 3.43. The minimum atomic E-state index is -4.68. The van der Waals surface area contributed by atoms with Crippen molar-refractivity contribution in [2.75, 3.05) is 6.61 Å². The zero-order valence-electron chi connectivity index (χ0n) is 12.0. The molecule has 0 radical (unpaired) electrons. The molecule has 0 spiro atoms. The molecule has 0 fully saturated rings. The fourth-order valence-corrected chi connectivity index (χ4v) is 1.85. The van der Waals surface area contributed by atoms with Crippen LogP contribution in [0.25, 0.3) is 0 Å². The maximum absolute atomic E-state index is 12.9. The lowest BCUT2D eigenvalue weighted by molar-refractivity contribution is -0.190. The Labute approximate surface area is 115 Å². The van der Waals surface area contributed by atoms with Crippen LogP contribution in [0.1, 0.15) is 52.3 Å². The third-order valence-corrected chi connectivity index (χ3v) is 3.43. The maximum Gasteiger partial charge on any atom is 0.415 e. The number of rotatable bonds is 6. The summed E-state index contributed by atoms with van der Waals surface area (Å²) in [5.41, 5.74) is 1.73. The highest BCUT2D eigenvalue weighted by atomic mass is 19.4. The molecule has 1 heterocycles. The van der Waals surface area contributed by atoms with Gasteiger partial charge in [-0.15, -0.1) is 0 Å². The summed E-state index contributed by atoms with van der Waals surface area (Å²) in [6.07, 6.45) is -3.64. The lowest BCUT2D eigenvalue weighted by Crippen LogP contribution is -2.48. The second-order valence-electron chi connectivity index (χ2n) is 4.76. The Bertz CT molecular complexity index is 439. The number of hydrogen-bond donors (Lipinski definition) is 1. The van der Waals surface area contributed by atoms with E-state index in [2.05, 4.69) is 10.1 Å². The van der Waals surface area contributed by atoms with E-state index in [4.69, 9.17) is 15.0 Å². The molecule has 2 N–H and O–H groups in total. The fourth-order valence-electron chi connectivity index (χ4n) is 1.85. The molecule has 0 aliphatic rings. The standard InChI is InChI=1S/C12H20F3N3O2/c1-5-11(6-2,19-7-3)8-17-9(20-18-8)10(4,16)12(13,14)15/h5-7,16H2,1-4H3. The summed E-state index contributed by atoms with van der Waals surface area (Å²) in [4.78, 5) is 3.83. The Kier molecular flexibility index (Phi) is 4.81. The Morgan fingerprint density at radius 2 is 1.75 bits per heavy atom. The summed E-state index contributed by atoms with van der Waals surface area (Å²) < 4.78 is 48.9. The van der Waals surface area contributed by atoms with Gasteiger partial charge < -0.3 is 15.0 Å². The van der Waals surface area contributed by atoms with Crippen molar-refractivity contribution in [1.82, 2.24) is 10.1 Å². The molecule has 8 heteroatoms. The van der Waals surface area contributed by atoms with Gasteiger partial charge in [-0.05, 0) is 26.7 Å². The van der Waals surface area contributed by atoms with Gasteiger partial charge in [0.2, 0.25) is 5.82 Å². The van der Waals surface area contributed by atoms with Gasteiger partial charge in [0.05, 0.1) is 0 Å². The van der Waals surface area contributed by atoms with Crippen molar-refractivity contribution in [3.63, 3.8) is 0 Å². The summed E-state index contributed by atoms with van der Waals surface area (Å²) in [5.74, 6) is -0.564. The number of ether oxygens (including phenoxy) is 1. The van der Waals surface area contributed by atoms with Gasteiger partial charge in [-0.3, -0.25) is 0 Å². The fraction of sp³-hybridized carbons (Fsp3) is 0.833. The van der Waals surface area contributed by atoms with E-state index in [0.717, 1.165) is 6.92 Å². The highest BCUT2D eigenvalue weighted by molar-refractivity contribution is 5.08. The molecule has 116 valence electrons. The van der Waals surface area contributed by atoms with Gasteiger partial charge in [0, 0.05) is 6.61 Å². The normalized spacial score (nSPS) is 16.2. The number of aromatic nitrogens is 2. The summed E-state index contributed by atoms with van der Waals surface area (Å²) in [7, 11) is 0. The molecule has 0 amide bonds. The molecular weight excluding hydrogens is 275 g/mol. The maximum atomic E-state index is 12.9. The molecule has 1 rings (SSSR count). The zero-order chi connectivity index (χ0) is 15.6. The van der Waals surface area contributed by atoms with Crippen LogP contribution in [-0.2, 0) is 15.9 Å². The second-order valence-corrected chi connectivity index (χ2v) is 4.76. The molecule has 0 aliphatic carbocycles. The molecule has 5 nitrogen and oxygen atoms in total. The molecule has 0 saturated heterocycles. The molecule has 20 heavy (non-hydrogen) atoms. The molecule has 0 saturated carbocycles. The van der Waals surface area contributed by atoms with Gasteiger partial charge in [-0.2, -0.15) is 18.2 Å². The Balaban J connectivity index is 3.20. The van der Waals surface area contributed by atoms with Crippen LogP contribution in [0.4, 0.5) is 13.2 Å². The van der Waals surface area contributed by atoms with Crippen molar-refractivity contribution in [3.8, 4) is 0 Å². The molecule has 1 aromatic rings. The molecular formula is C12H20F3N3O2. The summed E-state index contributed by atoms with van der Waals surface area (Å²) >= 11 is 0. The van der Waals surface area contributed by atoms with Crippen molar-refractivity contribution in [1.29, 1.82) is 0 Å². The van der Waals surface area contributed by atoms with Crippen LogP contribution >= 0.6 is 0 Å². The number of halogens is 3. The predicted octanol–water partition coefficient (Wildman–Crippen LogP) is 2.86. The van der Waals surface area contributed by atoms with E-state index in [1.807, 2.05) is 13.8 Å². The molecule has 0 aromatic carbocycles. The third kappa shape index (κ3) is 2.80. The van der Waals surface area contributed by atoms with Crippen LogP contribution in [0.3, 0.4) is 0 Å². The van der Waals surface area contributed by atoms with Gasteiger partial charge in [-0.25, -0.2) is 0 Å². The van der Waals surface area contributed by atoms with Crippen molar-refractivity contribution in [2.45, 2.75) is 57.9 Å². The minimum Gasteiger partial charge on any atom is -0.367 e. The topological polar surface area (TPSA) is 74.2 Å². The van der Waals surface area contributed by atoms with Crippen LogP contribution in [0.2, 0.25) is 0 Å². The van der Waals surface area contributed by atoms with Crippen LogP contribution in [-0.4, -0.2) is 22.9 Å². The Morgan fingerprint density at radius 3 is 2.15 bits per heavy atom. The van der Waals surface area contributed by atoms with Gasteiger partial charge in [0.25, 0.3) is 5.89 Å². The molecule has 1 unspecified atom stereocenters. The highest BCUT2D eigenvalue weighted by Crippen LogP contribution is 2.37. The van der Waals surface area contributed by atoms with E-state index in [0.29, 0.717) is 19.4 Å². The smallest absolute Gasteiger partial charge is 0.367 e. The van der Waals surface area contributed by atoms with Crippen molar-refractivity contribution in [3.05, 3.63) is 11.7 Å². The van der Waals surface area contributed by atoms with Crippen molar-refractivity contribution < 1.29 is 22.4 Å². The van der Waals surface area contributed by atoms with E-state index in [9.17, 15) is 13.2 Å². The first kappa shape index (κ1) is 16.9. The largest absolute Gasteiger partial charge is 0.415 e. The number of alkyl halides is 3. The average Bonchev–Trinajstić information content (AvgIpc) is 2.85. The highest BCUT2D eigenvalue weighted by Gasteiger charge is 2.54. The van der Waals surface area contributed by atoms with E-state index in [1.165, 1.54) is 0 Å². The molecule has 0 bridgehead atoms. The first-order valence-corrected chi connectivity index (χ1v) is 6.48. The molecule has 1 aromatic heterocycles. The van der Waals surface area contributed by atoms with Gasteiger partial charge in [0.1, 0.15) is 5.60 Å². The van der Waals surface area contributed by atoms with E-state index >= 15 is 0 Å². The number of nitrogens with two attached hydrogens (primary N) is 1. The number of hydrogen-bond acceptors (Lipinski definition) is 5. The zero-order valence-corrected chi connectivity index (χ0v) is 12.0. The van der Waals surface area contributed by atoms with Gasteiger partial charge in [0.15, 0.2) is 5.54 Å². The Morgan fingerprint density at radius 1 is 1.20 bits per heavy atom. The molecule has 0 aliphatic heterocycles. The van der Waals surface area contributed by atoms with Gasteiger partial charge in [-0.1, -0.05) is 19.0 Å². The lowest BCUT2D eigenvalue weighted by Gasteiger charge is -2.28. The van der Waals surface area contributed by atoms with E-state index < -0.39 is 23.2 Å². The summed E-state index contributed by atoms with van der Waals surface area (Å²) in [6.45, 7) is 6.68. The minimum absolute atomic E-state index is 0.0975. The summed E-state index contributed by atoms with van der Waals surface area (Å²) in [5, 5.41) is 3.64. The van der Waals surface area contributed by atoms with E-state index in [-0.39, 0.29) is 5.82 Å². The summed E-state index contributed by atoms with van der Waals surface area (Å²) in [6, 6.07) is 0. The van der Waals surface area contributed by atoms with Crippen LogP contribution < -0.4 is 5.73 Å². The average molecular weight is 295 g/mol. The lowest BCUT2D eigenvalue weighted by atomic mass is 9.96. The second kappa shape index (κ2) is 5.69. The van der Waals surface area contributed by atoms with Gasteiger partial charge >= 0.3 is 6.18 Å². The first-order chi connectivity index (χ1) is 9.14. The Hall–Kier alpha value is -1.15. The van der Waals surface area contributed by atoms with Crippen LogP contribution in [0.5, 0.6) is 0 Å². The predicted molar refractivity (Wildman–Crippen MR) is 65.8 cm³/mol. The van der Waals surface area contributed by atoms with Crippen LogP contribution in [0, 0.1) is 0 Å². The molecule has 1 atom stereocenters. The first-order valence-electron chi connectivity index (χ1n) is 6.48. The number of nitrogens with zero attached hydrogens (tertiary/aromatic N) is 2. The monoisotopic (exact) mass is 295 g/mol.